The second-order valence-electron chi connectivity index (χ2n) is 4.62. The van der Waals surface area contributed by atoms with E-state index in [0.717, 1.165) is 33.9 Å². The van der Waals surface area contributed by atoms with Crippen LogP contribution < -0.4 is 11.1 Å². The largest absolute Gasteiger partial charge is 0.330 e. The van der Waals surface area contributed by atoms with E-state index in [1.165, 1.54) is 0 Å². The van der Waals surface area contributed by atoms with Crippen molar-refractivity contribution in [3.63, 3.8) is 0 Å². The van der Waals surface area contributed by atoms with E-state index >= 15 is 0 Å². The number of carbonyl (C=O) groups is 1. The molecule has 1 aliphatic rings. The Balaban J connectivity index is 2.12. The maximum atomic E-state index is 12.3. The molecule has 2 atom stereocenters. The van der Waals surface area contributed by atoms with Crippen molar-refractivity contribution in [2.75, 3.05) is 11.9 Å². The Morgan fingerprint density at radius 1 is 1.33 bits per heavy atom. The van der Waals surface area contributed by atoms with Gasteiger partial charge in [0.2, 0.25) is 5.91 Å². The minimum atomic E-state index is 0.0500. The summed E-state index contributed by atoms with van der Waals surface area (Å²) in [6.45, 7) is 0.592. The van der Waals surface area contributed by atoms with Crippen LogP contribution in [0, 0.1) is 11.8 Å². The van der Waals surface area contributed by atoms with E-state index in [0.29, 0.717) is 12.5 Å². The highest BCUT2D eigenvalue weighted by atomic mass is 79.9. The number of hydrogen-bond acceptors (Lipinski definition) is 2. The van der Waals surface area contributed by atoms with Gasteiger partial charge in [0.05, 0.1) is 5.69 Å². The van der Waals surface area contributed by atoms with Crippen molar-refractivity contribution in [3.8, 4) is 0 Å². The minimum Gasteiger partial charge on any atom is -0.330 e. The molecule has 0 bridgehead atoms. The summed E-state index contributed by atoms with van der Waals surface area (Å²) in [4.78, 5) is 12.3. The van der Waals surface area contributed by atoms with Crippen molar-refractivity contribution in [2.24, 2.45) is 17.6 Å². The molecule has 0 radical (unpaired) electrons. The lowest BCUT2D eigenvalue weighted by Gasteiger charge is -2.18. The van der Waals surface area contributed by atoms with Crippen LogP contribution in [0.15, 0.2) is 27.1 Å². The third-order valence-corrected chi connectivity index (χ3v) is 4.83. The molecule has 18 heavy (non-hydrogen) atoms. The number of anilines is 1. The predicted octanol–water partition coefficient (Wildman–Crippen LogP) is 3.53. The lowest BCUT2D eigenvalue weighted by atomic mass is 9.95. The van der Waals surface area contributed by atoms with Gasteiger partial charge >= 0.3 is 0 Å². The SMILES string of the molecule is NCC1CCCC1C(=O)Nc1c(Br)cccc1Br. The zero-order valence-electron chi connectivity index (χ0n) is 9.96. The van der Waals surface area contributed by atoms with Gasteiger partial charge in [-0.05, 0) is 69.3 Å². The molecule has 2 unspecified atom stereocenters. The summed E-state index contributed by atoms with van der Waals surface area (Å²) in [5.74, 6) is 0.454. The molecule has 0 saturated heterocycles. The molecule has 1 aliphatic carbocycles. The molecule has 1 aromatic carbocycles. The van der Waals surface area contributed by atoms with Gasteiger partial charge in [-0.2, -0.15) is 0 Å². The summed E-state index contributed by atoms with van der Waals surface area (Å²) in [6.07, 6.45) is 3.10. The Morgan fingerprint density at radius 3 is 2.61 bits per heavy atom. The zero-order valence-corrected chi connectivity index (χ0v) is 13.1. The van der Waals surface area contributed by atoms with Crippen LogP contribution in [0.5, 0.6) is 0 Å². The average Bonchev–Trinajstić information content (AvgIpc) is 2.82. The standard InChI is InChI=1S/C13H16Br2N2O/c14-10-5-2-6-11(15)12(10)17-13(18)9-4-1-3-8(9)7-16/h2,5-6,8-9H,1,3-4,7,16H2,(H,17,18). The number of carbonyl (C=O) groups excluding carboxylic acids is 1. The zero-order chi connectivity index (χ0) is 13.1. The van der Waals surface area contributed by atoms with E-state index in [-0.39, 0.29) is 11.8 Å². The van der Waals surface area contributed by atoms with E-state index in [1.807, 2.05) is 18.2 Å². The number of benzene rings is 1. The molecule has 1 aromatic rings. The molecular weight excluding hydrogens is 360 g/mol. The van der Waals surface area contributed by atoms with E-state index in [1.54, 1.807) is 0 Å². The van der Waals surface area contributed by atoms with Gasteiger partial charge in [0, 0.05) is 14.9 Å². The Morgan fingerprint density at radius 2 is 2.00 bits per heavy atom. The van der Waals surface area contributed by atoms with Gasteiger partial charge in [0.25, 0.3) is 0 Å². The van der Waals surface area contributed by atoms with Crippen molar-refractivity contribution in [1.82, 2.24) is 0 Å². The first-order chi connectivity index (χ1) is 8.63. The molecule has 1 fully saturated rings. The molecule has 0 heterocycles. The number of amides is 1. The molecular formula is C13H16Br2N2O. The predicted molar refractivity (Wildman–Crippen MR) is 80.4 cm³/mol. The summed E-state index contributed by atoms with van der Waals surface area (Å²) < 4.78 is 1.76. The van der Waals surface area contributed by atoms with Crippen LogP contribution in [0.4, 0.5) is 5.69 Å². The topological polar surface area (TPSA) is 55.1 Å². The summed E-state index contributed by atoms with van der Waals surface area (Å²) in [6, 6.07) is 5.74. The Labute approximate surface area is 124 Å². The number of halogens is 2. The maximum Gasteiger partial charge on any atom is 0.227 e. The van der Waals surface area contributed by atoms with Crippen LogP contribution in [0.1, 0.15) is 19.3 Å². The monoisotopic (exact) mass is 374 g/mol. The normalized spacial score (nSPS) is 23.1. The Hall–Kier alpha value is -0.390. The van der Waals surface area contributed by atoms with Gasteiger partial charge in [-0.15, -0.1) is 0 Å². The highest BCUT2D eigenvalue weighted by molar-refractivity contribution is 9.11. The molecule has 0 aliphatic heterocycles. The number of rotatable bonds is 3. The average molecular weight is 376 g/mol. The van der Waals surface area contributed by atoms with Crippen molar-refractivity contribution >= 4 is 43.5 Å². The number of nitrogens with one attached hydrogen (secondary N) is 1. The molecule has 1 amide bonds. The van der Waals surface area contributed by atoms with Gasteiger partial charge in [0.1, 0.15) is 0 Å². The minimum absolute atomic E-state index is 0.0500. The fraction of sp³-hybridized carbons (Fsp3) is 0.462. The summed E-state index contributed by atoms with van der Waals surface area (Å²) >= 11 is 6.89. The van der Waals surface area contributed by atoms with E-state index in [4.69, 9.17) is 5.73 Å². The Kier molecular flexibility index (Phi) is 4.81. The smallest absolute Gasteiger partial charge is 0.227 e. The van der Waals surface area contributed by atoms with Crippen LogP contribution in [0.3, 0.4) is 0 Å². The molecule has 5 heteroatoms. The summed E-state index contributed by atoms with van der Waals surface area (Å²) in [5.41, 5.74) is 6.51. The molecule has 1 saturated carbocycles. The third kappa shape index (κ3) is 2.95. The molecule has 98 valence electrons. The van der Waals surface area contributed by atoms with Gasteiger partial charge in [-0.25, -0.2) is 0 Å². The van der Waals surface area contributed by atoms with Gasteiger partial charge in [-0.3, -0.25) is 4.79 Å². The van der Waals surface area contributed by atoms with E-state index in [9.17, 15) is 4.79 Å². The van der Waals surface area contributed by atoms with Crippen LogP contribution in [0.25, 0.3) is 0 Å². The van der Waals surface area contributed by atoms with Crippen LogP contribution >= 0.6 is 31.9 Å². The highest BCUT2D eigenvalue weighted by Gasteiger charge is 2.32. The quantitative estimate of drug-likeness (QED) is 0.848. The molecule has 3 N–H and O–H groups in total. The molecule has 3 nitrogen and oxygen atoms in total. The maximum absolute atomic E-state index is 12.3. The Bertz CT molecular complexity index is 430. The first-order valence-corrected chi connectivity index (χ1v) is 7.67. The third-order valence-electron chi connectivity index (χ3n) is 3.51. The second kappa shape index (κ2) is 6.17. The van der Waals surface area contributed by atoms with Gasteiger partial charge < -0.3 is 11.1 Å². The van der Waals surface area contributed by atoms with E-state index in [2.05, 4.69) is 37.2 Å². The number of nitrogens with two attached hydrogens (primary N) is 1. The summed E-state index contributed by atoms with van der Waals surface area (Å²) in [7, 11) is 0. The second-order valence-corrected chi connectivity index (χ2v) is 6.33. The van der Waals surface area contributed by atoms with Crippen molar-refractivity contribution in [1.29, 1.82) is 0 Å². The first kappa shape index (κ1) is 14.0. The number of hydrogen-bond donors (Lipinski definition) is 2. The van der Waals surface area contributed by atoms with Crippen molar-refractivity contribution < 1.29 is 4.79 Å². The first-order valence-electron chi connectivity index (χ1n) is 6.08. The van der Waals surface area contributed by atoms with E-state index < -0.39 is 0 Å². The van der Waals surface area contributed by atoms with Crippen molar-refractivity contribution in [3.05, 3.63) is 27.1 Å². The van der Waals surface area contributed by atoms with Crippen LogP contribution in [0.2, 0.25) is 0 Å². The van der Waals surface area contributed by atoms with Crippen LogP contribution in [-0.4, -0.2) is 12.5 Å². The molecule has 0 spiro atoms. The molecule has 0 aromatic heterocycles. The summed E-state index contributed by atoms with van der Waals surface area (Å²) in [5, 5.41) is 3.00. The lowest BCUT2D eigenvalue weighted by molar-refractivity contribution is -0.120. The van der Waals surface area contributed by atoms with Crippen molar-refractivity contribution in [2.45, 2.75) is 19.3 Å². The number of para-hydroxylation sites is 1. The lowest BCUT2D eigenvalue weighted by Crippen LogP contribution is -2.29. The van der Waals surface area contributed by atoms with Crippen LogP contribution in [-0.2, 0) is 4.79 Å². The highest BCUT2D eigenvalue weighted by Crippen LogP contribution is 2.35. The fourth-order valence-electron chi connectivity index (χ4n) is 2.50. The van der Waals surface area contributed by atoms with Gasteiger partial charge in [-0.1, -0.05) is 12.5 Å². The fourth-order valence-corrected chi connectivity index (χ4v) is 3.69. The van der Waals surface area contributed by atoms with Gasteiger partial charge in [0.15, 0.2) is 0 Å². The molecule has 2 rings (SSSR count).